The summed E-state index contributed by atoms with van der Waals surface area (Å²) in [4.78, 5) is 7.96. The number of rotatable bonds is 4. The van der Waals surface area contributed by atoms with Gasteiger partial charge in [0.2, 0.25) is 0 Å². The van der Waals surface area contributed by atoms with Crippen molar-refractivity contribution in [3.8, 4) is 5.75 Å². The monoisotopic (exact) mass is 374 g/mol. The molecule has 1 saturated heterocycles. The molecule has 3 rings (SSSR count). The minimum atomic E-state index is 0.353. The molecule has 0 aliphatic carbocycles. The zero-order valence-electron chi connectivity index (χ0n) is 13.8. The zero-order valence-corrected chi connectivity index (χ0v) is 15.5. The van der Waals surface area contributed by atoms with Crippen molar-refractivity contribution >= 4 is 25.4 Å². The molecule has 120 valence electrons. The van der Waals surface area contributed by atoms with Gasteiger partial charge < -0.3 is 0 Å². The van der Waals surface area contributed by atoms with Crippen molar-refractivity contribution in [3.63, 3.8) is 0 Å². The molecule has 1 aliphatic rings. The summed E-state index contributed by atoms with van der Waals surface area (Å²) in [6.07, 6.45) is 0. The van der Waals surface area contributed by atoms with Crippen LogP contribution in [0.15, 0.2) is 59.6 Å². The number of hydrogen-bond acceptors (Lipinski definition) is 2. The van der Waals surface area contributed by atoms with Gasteiger partial charge in [-0.3, -0.25) is 0 Å². The van der Waals surface area contributed by atoms with Crippen LogP contribution < -0.4 is 4.74 Å². The Labute approximate surface area is 144 Å². The van der Waals surface area contributed by atoms with Crippen molar-refractivity contribution in [2.45, 2.75) is 24.7 Å². The first kappa shape index (κ1) is 16.1. The fourth-order valence-corrected chi connectivity index (χ4v) is 5.48. The quantitative estimate of drug-likeness (QED) is 0.761. The molecular weight excluding hydrogens is 351 g/mol. The van der Waals surface area contributed by atoms with Crippen molar-refractivity contribution in [2.75, 3.05) is 13.7 Å². The maximum absolute atomic E-state index is 5.22. The van der Waals surface area contributed by atoms with E-state index in [1.54, 1.807) is 7.11 Å². The number of hydrogen-bond donors (Lipinski definition) is 0. The summed E-state index contributed by atoms with van der Waals surface area (Å²) in [6, 6.07) is 19.3. The van der Waals surface area contributed by atoms with Crippen LogP contribution in [0, 0.1) is 0 Å². The summed E-state index contributed by atoms with van der Waals surface area (Å²) < 4.78 is 6.46. The van der Waals surface area contributed by atoms with Crippen LogP contribution >= 0.6 is 0 Å². The first-order valence-electron chi connectivity index (χ1n) is 7.88. The van der Waals surface area contributed by atoms with E-state index < -0.39 is 0 Å². The second-order valence-electron chi connectivity index (χ2n) is 5.86. The Hall–Kier alpha value is -1.77. The Morgan fingerprint density at radius 3 is 2.39 bits per heavy atom. The fourth-order valence-electron chi connectivity index (χ4n) is 2.62. The molecule has 3 nitrogen and oxygen atoms in total. The Kier molecular flexibility index (Phi) is 5.04. The topological polar surface area (TPSA) is 24.8 Å². The molecule has 1 heterocycles. The third-order valence-corrected chi connectivity index (χ3v) is 6.55. The summed E-state index contributed by atoms with van der Waals surface area (Å²) in [5, 5.41) is 0. The van der Waals surface area contributed by atoms with Gasteiger partial charge in [-0.1, -0.05) is 0 Å². The molecule has 0 amide bonds. The molecule has 4 heteroatoms. The molecule has 0 bridgehead atoms. The van der Waals surface area contributed by atoms with E-state index in [0.29, 0.717) is 25.8 Å². The third kappa shape index (κ3) is 3.77. The first-order chi connectivity index (χ1) is 11.2. The van der Waals surface area contributed by atoms with E-state index in [2.05, 4.69) is 49.1 Å². The van der Waals surface area contributed by atoms with Crippen LogP contribution in [-0.4, -0.2) is 44.3 Å². The molecular formula is C19H22N2OSe. The van der Waals surface area contributed by atoms with Gasteiger partial charge in [0.15, 0.2) is 0 Å². The van der Waals surface area contributed by atoms with E-state index in [1.807, 2.05) is 24.3 Å². The molecule has 1 fully saturated rings. The molecule has 0 saturated carbocycles. The number of nitrogens with zero attached hydrogens (tertiary/aromatic N) is 2. The summed E-state index contributed by atoms with van der Waals surface area (Å²) in [7, 11) is 1.69. The van der Waals surface area contributed by atoms with Gasteiger partial charge in [0, 0.05) is 0 Å². The SMILES string of the molecule is COc1ccc(N=C2[Se]C(c3ccccc3)CN2C(C)C)cc1. The van der Waals surface area contributed by atoms with Crippen LogP contribution in [0.4, 0.5) is 5.69 Å². The van der Waals surface area contributed by atoms with Crippen molar-refractivity contribution in [1.82, 2.24) is 4.90 Å². The number of methoxy groups -OCH3 is 1. The molecule has 2 aromatic rings. The summed E-state index contributed by atoms with van der Waals surface area (Å²) in [5.74, 6) is 0.869. The molecule has 0 aromatic heterocycles. The summed E-state index contributed by atoms with van der Waals surface area (Å²) in [5.41, 5.74) is 2.43. The Balaban J connectivity index is 1.85. The van der Waals surface area contributed by atoms with Crippen molar-refractivity contribution < 1.29 is 4.74 Å². The Morgan fingerprint density at radius 1 is 1.09 bits per heavy atom. The fraction of sp³-hybridized carbons (Fsp3) is 0.316. The number of ether oxygens (including phenoxy) is 1. The maximum atomic E-state index is 5.22. The molecule has 1 atom stereocenters. The van der Waals surface area contributed by atoms with E-state index in [1.165, 1.54) is 10.3 Å². The van der Waals surface area contributed by atoms with E-state index >= 15 is 0 Å². The minimum absolute atomic E-state index is 0.353. The van der Waals surface area contributed by atoms with Gasteiger partial charge in [-0.15, -0.1) is 0 Å². The predicted octanol–water partition coefficient (Wildman–Crippen LogP) is 3.85. The van der Waals surface area contributed by atoms with Crippen LogP contribution in [0.2, 0.25) is 0 Å². The Bertz CT molecular complexity index is 668. The van der Waals surface area contributed by atoms with E-state index in [9.17, 15) is 0 Å². The molecule has 1 unspecified atom stereocenters. The average molecular weight is 373 g/mol. The predicted molar refractivity (Wildman–Crippen MR) is 96.9 cm³/mol. The molecule has 0 spiro atoms. The van der Waals surface area contributed by atoms with E-state index in [4.69, 9.17) is 9.73 Å². The third-order valence-electron chi connectivity index (χ3n) is 3.95. The van der Waals surface area contributed by atoms with Gasteiger partial charge >= 0.3 is 144 Å². The summed E-state index contributed by atoms with van der Waals surface area (Å²) >= 11 is 0.353. The van der Waals surface area contributed by atoms with Crippen molar-refractivity contribution in [2.24, 2.45) is 4.99 Å². The van der Waals surface area contributed by atoms with Gasteiger partial charge in [-0.25, -0.2) is 0 Å². The molecule has 2 aromatic carbocycles. The van der Waals surface area contributed by atoms with Gasteiger partial charge in [-0.2, -0.15) is 0 Å². The van der Waals surface area contributed by atoms with Crippen LogP contribution in [0.1, 0.15) is 24.2 Å². The van der Waals surface area contributed by atoms with Gasteiger partial charge in [0.05, 0.1) is 0 Å². The van der Waals surface area contributed by atoms with Crippen LogP contribution in [0.3, 0.4) is 0 Å². The molecule has 0 radical (unpaired) electrons. The van der Waals surface area contributed by atoms with Crippen molar-refractivity contribution in [1.29, 1.82) is 0 Å². The normalized spacial score (nSPS) is 19.6. The van der Waals surface area contributed by atoms with Crippen molar-refractivity contribution in [3.05, 3.63) is 60.2 Å². The zero-order chi connectivity index (χ0) is 16.2. The molecule has 1 aliphatic heterocycles. The van der Waals surface area contributed by atoms with Crippen LogP contribution in [-0.2, 0) is 0 Å². The van der Waals surface area contributed by atoms with E-state index in [-0.39, 0.29) is 0 Å². The number of benzene rings is 2. The second kappa shape index (κ2) is 7.20. The van der Waals surface area contributed by atoms with Gasteiger partial charge in [0.25, 0.3) is 0 Å². The first-order valence-corrected chi connectivity index (χ1v) is 9.73. The second-order valence-corrected chi connectivity index (χ2v) is 8.31. The standard InChI is InChI=1S/C19H22N2OSe/c1-14(2)21-13-18(15-7-5-4-6-8-15)23-19(21)20-16-9-11-17(22-3)12-10-16/h4-12,14,18H,13H2,1-3H3. The van der Waals surface area contributed by atoms with Crippen LogP contribution in [0.5, 0.6) is 5.75 Å². The van der Waals surface area contributed by atoms with Gasteiger partial charge in [0.1, 0.15) is 0 Å². The Morgan fingerprint density at radius 2 is 1.78 bits per heavy atom. The van der Waals surface area contributed by atoms with Gasteiger partial charge in [-0.05, 0) is 0 Å². The summed E-state index contributed by atoms with van der Waals surface area (Å²) in [6.45, 7) is 5.55. The number of aliphatic imine (C=N–C) groups is 1. The number of amidine groups is 1. The molecule has 0 N–H and O–H groups in total. The van der Waals surface area contributed by atoms with E-state index in [0.717, 1.165) is 18.0 Å². The average Bonchev–Trinajstić information content (AvgIpc) is 3.00. The van der Waals surface area contributed by atoms with Crippen LogP contribution in [0.25, 0.3) is 0 Å². The molecule has 23 heavy (non-hydrogen) atoms.